The highest BCUT2D eigenvalue weighted by Crippen LogP contribution is 2.30. The van der Waals surface area contributed by atoms with Gasteiger partial charge in [0, 0.05) is 18.8 Å². The third-order valence-electron chi connectivity index (χ3n) is 4.25. The van der Waals surface area contributed by atoms with Crippen molar-refractivity contribution < 1.29 is 9.53 Å². The van der Waals surface area contributed by atoms with E-state index in [1.807, 2.05) is 18.2 Å². The van der Waals surface area contributed by atoms with Crippen molar-refractivity contribution in [3.05, 3.63) is 40.9 Å². The summed E-state index contributed by atoms with van der Waals surface area (Å²) in [5.41, 5.74) is 2.22. The minimum atomic E-state index is 0.0431. The molecule has 0 fully saturated rings. The van der Waals surface area contributed by atoms with E-state index in [2.05, 4.69) is 26.7 Å². The Bertz CT molecular complexity index is 686. The Balaban J connectivity index is 1.35. The Morgan fingerprint density at radius 2 is 2.35 bits per heavy atom. The fourth-order valence-corrected chi connectivity index (χ4v) is 4.09. The number of nitrogens with one attached hydrogen (secondary N) is 1. The van der Waals surface area contributed by atoms with E-state index < -0.39 is 0 Å². The molecule has 0 spiro atoms. The maximum absolute atomic E-state index is 12.4. The lowest BCUT2D eigenvalue weighted by Gasteiger charge is -2.27. The molecule has 1 amide bonds. The molecule has 3 aliphatic heterocycles. The fraction of sp³-hybridized carbons (Fsp3) is 0.412. The molecule has 6 heteroatoms. The van der Waals surface area contributed by atoms with Crippen LogP contribution in [-0.2, 0) is 11.2 Å². The second-order valence-corrected chi connectivity index (χ2v) is 6.80. The highest BCUT2D eigenvalue weighted by atomic mass is 32.2. The summed E-state index contributed by atoms with van der Waals surface area (Å²) in [5.74, 6) is 0.985. The molecule has 4 rings (SSSR count). The molecule has 0 saturated carbocycles. The normalized spacial score (nSPS) is 22.4. The molecule has 120 valence electrons. The van der Waals surface area contributed by atoms with Gasteiger partial charge in [0.1, 0.15) is 12.4 Å². The minimum absolute atomic E-state index is 0.0431. The topological polar surface area (TPSA) is 53.9 Å². The number of carbonyl (C=O) groups excluding carboxylic acids is 1. The predicted octanol–water partition coefficient (Wildman–Crippen LogP) is 2.15. The molecule has 0 bridgehead atoms. The summed E-state index contributed by atoms with van der Waals surface area (Å²) in [6.45, 7) is 2.39. The van der Waals surface area contributed by atoms with E-state index in [0.29, 0.717) is 13.0 Å². The van der Waals surface area contributed by atoms with E-state index in [1.54, 1.807) is 11.8 Å². The quantitative estimate of drug-likeness (QED) is 0.923. The average Bonchev–Trinajstić information content (AvgIpc) is 2.98. The molecule has 1 N–H and O–H groups in total. The van der Waals surface area contributed by atoms with Crippen LogP contribution < -0.4 is 10.1 Å². The second kappa shape index (κ2) is 6.28. The van der Waals surface area contributed by atoms with Crippen LogP contribution in [-0.4, -0.2) is 41.7 Å². The number of amidine groups is 1. The number of rotatable bonds is 3. The van der Waals surface area contributed by atoms with Crippen LogP contribution in [0.25, 0.3) is 0 Å². The zero-order valence-corrected chi connectivity index (χ0v) is 13.6. The summed E-state index contributed by atoms with van der Waals surface area (Å²) in [7, 11) is 0. The van der Waals surface area contributed by atoms with Crippen LogP contribution in [0.15, 0.2) is 40.4 Å². The lowest BCUT2D eigenvalue weighted by Crippen LogP contribution is -2.43. The van der Waals surface area contributed by atoms with Crippen molar-refractivity contribution in [3.8, 4) is 5.75 Å². The van der Waals surface area contributed by atoms with Gasteiger partial charge in [0.05, 0.1) is 12.5 Å². The fourth-order valence-electron chi connectivity index (χ4n) is 3.14. The van der Waals surface area contributed by atoms with Crippen LogP contribution in [0.2, 0.25) is 0 Å². The standard InChI is InChI=1S/C17H19N3O2S/c21-16(9-14-11-23-17-18-6-3-7-20(14)17)19-13-8-12-4-1-2-5-15(12)22-10-13/h1-2,4-5,11,13H,3,6-10H2,(H,19,21)/t13-/m0/s1. The summed E-state index contributed by atoms with van der Waals surface area (Å²) in [6.07, 6.45) is 2.28. The van der Waals surface area contributed by atoms with Gasteiger partial charge in [-0.3, -0.25) is 9.79 Å². The minimum Gasteiger partial charge on any atom is -0.491 e. The van der Waals surface area contributed by atoms with Crippen LogP contribution in [0.4, 0.5) is 0 Å². The number of fused-ring (bicyclic) bond motifs is 2. The van der Waals surface area contributed by atoms with Gasteiger partial charge in [0.15, 0.2) is 5.17 Å². The number of hydrogen-bond acceptors (Lipinski definition) is 5. The van der Waals surface area contributed by atoms with E-state index in [4.69, 9.17) is 4.74 Å². The first kappa shape index (κ1) is 14.6. The summed E-state index contributed by atoms with van der Waals surface area (Å²) in [5, 5.41) is 6.19. The molecule has 3 aliphatic rings. The number of hydrogen-bond donors (Lipinski definition) is 1. The van der Waals surface area contributed by atoms with E-state index in [0.717, 1.165) is 48.1 Å². The van der Waals surface area contributed by atoms with Crippen molar-refractivity contribution >= 4 is 22.8 Å². The van der Waals surface area contributed by atoms with Crippen molar-refractivity contribution in [3.63, 3.8) is 0 Å². The molecule has 0 saturated heterocycles. The zero-order valence-electron chi connectivity index (χ0n) is 12.8. The average molecular weight is 329 g/mol. The summed E-state index contributed by atoms with van der Waals surface area (Å²) < 4.78 is 5.73. The number of para-hydroxylation sites is 1. The third-order valence-corrected chi connectivity index (χ3v) is 5.20. The number of benzene rings is 1. The molecule has 1 aromatic rings. The maximum atomic E-state index is 12.4. The summed E-state index contributed by atoms with van der Waals surface area (Å²) >= 11 is 1.62. The van der Waals surface area contributed by atoms with Gasteiger partial charge < -0.3 is 15.0 Å². The van der Waals surface area contributed by atoms with Crippen LogP contribution in [0, 0.1) is 0 Å². The first-order valence-corrected chi connectivity index (χ1v) is 8.85. The number of nitrogens with zero attached hydrogens (tertiary/aromatic N) is 2. The lowest BCUT2D eigenvalue weighted by molar-refractivity contribution is -0.121. The molecule has 3 heterocycles. The van der Waals surface area contributed by atoms with Crippen molar-refractivity contribution in [1.29, 1.82) is 0 Å². The molecule has 0 unspecified atom stereocenters. The Kier molecular flexibility index (Phi) is 3.99. The molecule has 1 atom stereocenters. The Labute approximate surface area is 139 Å². The molecule has 0 radical (unpaired) electrons. The second-order valence-electron chi connectivity index (χ2n) is 5.96. The van der Waals surface area contributed by atoms with Gasteiger partial charge in [-0.05, 0) is 29.9 Å². The SMILES string of the molecule is O=C(CC1=CSC2=NCCCN12)N[C@@H]1COc2ccccc2C1. The van der Waals surface area contributed by atoms with Gasteiger partial charge in [-0.2, -0.15) is 0 Å². The zero-order chi connectivity index (χ0) is 15.6. The highest BCUT2D eigenvalue weighted by molar-refractivity contribution is 8.16. The predicted molar refractivity (Wildman–Crippen MR) is 91.5 cm³/mol. The Morgan fingerprint density at radius 3 is 3.30 bits per heavy atom. The van der Waals surface area contributed by atoms with Gasteiger partial charge >= 0.3 is 0 Å². The maximum Gasteiger partial charge on any atom is 0.226 e. The van der Waals surface area contributed by atoms with Crippen molar-refractivity contribution in [2.24, 2.45) is 4.99 Å². The van der Waals surface area contributed by atoms with Gasteiger partial charge in [-0.25, -0.2) is 0 Å². The molecule has 5 nitrogen and oxygen atoms in total. The molecule has 23 heavy (non-hydrogen) atoms. The molecular weight excluding hydrogens is 310 g/mol. The number of ether oxygens (including phenoxy) is 1. The smallest absolute Gasteiger partial charge is 0.226 e. The monoisotopic (exact) mass is 329 g/mol. The van der Waals surface area contributed by atoms with Gasteiger partial charge in [0.2, 0.25) is 5.91 Å². The highest BCUT2D eigenvalue weighted by Gasteiger charge is 2.27. The van der Waals surface area contributed by atoms with Crippen molar-refractivity contribution in [1.82, 2.24) is 10.2 Å². The Morgan fingerprint density at radius 1 is 1.43 bits per heavy atom. The van der Waals surface area contributed by atoms with E-state index in [-0.39, 0.29) is 11.9 Å². The largest absolute Gasteiger partial charge is 0.491 e. The molecule has 1 aromatic carbocycles. The first-order chi connectivity index (χ1) is 11.3. The van der Waals surface area contributed by atoms with Crippen LogP contribution in [0.3, 0.4) is 0 Å². The lowest BCUT2D eigenvalue weighted by atomic mass is 10.0. The van der Waals surface area contributed by atoms with Crippen molar-refractivity contribution in [2.45, 2.75) is 25.3 Å². The van der Waals surface area contributed by atoms with Gasteiger partial charge in [-0.1, -0.05) is 30.0 Å². The Hall–Kier alpha value is -1.95. The summed E-state index contributed by atoms with van der Waals surface area (Å²) in [6, 6.07) is 8.05. The van der Waals surface area contributed by atoms with E-state index in [9.17, 15) is 4.79 Å². The van der Waals surface area contributed by atoms with E-state index in [1.165, 1.54) is 0 Å². The van der Waals surface area contributed by atoms with E-state index >= 15 is 0 Å². The molecule has 0 aromatic heterocycles. The van der Waals surface area contributed by atoms with Crippen LogP contribution >= 0.6 is 11.8 Å². The molecule has 0 aliphatic carbocycles. The third kappa shape index (κ3) is 3.08. The van der Waals surface area contributed by atoms with Gasteiger partial charge in [-0.15, -0.1) is 0 Å². The first-order valence-electron chi connectivity index (χ1n) is 7.97. The number of carbonyl (C=O) groups is 1. The van der Waals surface area contributed by atoms with Crippen molar-refractivity contribution in [2.75, 3.05) is 19.7 Å². The summed E-state index contributed by atoms with van der Waals surface area (Å²) in [4.78, 5) is 19.0. The van der Waals surface area contributed by atoms with Crippen LogP contribution in [0.1, 0.15) is 18.4 Å². The number of amides is 1. The number of aliphatic imine (C=N–C) groups is 1. The molecular formula is C17H19N3O2S. The number of thioether (sulfide) groups is 1. The van der Waals surface area contributed by atoms with Gasteiger partial charge in [0.25, 0.3) is 0 Å². The van der Waals surface area contributed by atoms with Crippen LogP contribution in [0.5, 0.6) is 5.75 Å².